The molecule has 12 heteroatoms. The molecule has 1 aromatic heterocycles. The lowest BCUT2D eigenvalue weighted by molar-refractivity contribution is -0.249. The van der Waals surface area contributed by atoms with E-state index in [9.17, 15) is 22.4 Å². The number of amides is 1. The number of aromatic nitrogens is 1. The van der Waals surface area contributed by atoms with Gasteiger partial charge in [0, 0.05) is 18.2 Å². The number of carbonyl (C=O) groups excluding carboxylic acids is 1. The first-order valence-corrected chi connectivity index (χ1v) is 9.04. The van der Waals surface area contributed by atoms with Crippen molar-refractivity contribution in [3.05, 3.63) is 41.2 Å². The Morgan fingerprint density at radius 2 is 1.97 bits per heavy atom. The first-order valence-electron chi connectivity index (χ1n) is 9.04. The molecular formula is C19H20F4N4O4. The van der Waals surface area contributed by atoms with Gasteiger partial charge in [-0.1, -0.05) is 0 Å². The van der Waals surface area contributed by atoms with Crippen LogP contribution >= 0.6 is 0 Å². The molecule has 0 bridgehead atoms. The zero-order valence-corrected chi connectivity index (χ0v) is 17.1. The zero-order chi connectivity index (χ0) is 23.2. The molecule has 0 saturated carbocycles. The third-order valence-corrected chi connectivity index (χ3v) is 4.88. The Kier molecular flexibility index (Phi) is 5.47. The summed E-state index contributed by atoms with van der Waals surface area (Å²) in [7, 11) is 0. The lowest BCUT2D eigenvalue weighted by Gasteiger charge is -2.41. The second-order valence-corrected chi connectivity index (χ2v) is 7.39. The molecule has 1 aromatic carbocycles. The van der Waals surface area contributed by atoms with Gasteiger partial charge >= 0.3 is 12.3 Å². The Morgan fingerprint density at radius 1 is 1.29 bits per heavy atom. The number of aryl methyl sites for hydroxylation is 2. The Labute approximate surface area is 174 Å². The largest absolute Gasteiger partial charge is 0.442 e. The molecule has 2 atom stereocenters. The highest BCUT2D eigenvalue weighted by molar-refractivity contribution is 5.91. The van der Waals surface area contributed by atoms with Gasteiger partial charge in [-0.3, -0.25) is 10.3 Å². The second-order valence-electron chi connectivity index (χ2n) is 7.39. The number of alkyl halides is 3. The summed E-state index contributed by atoms with van der Waals surface area (Å²) in [6.45, 7) is 4.67. The number of benzene rings is 1. The fourth-order valence-electron chi connectivity index (χ4n) is 2.98. The van der Waals surface area contributed by atoms with Crippen LogP contribution in [-0.2, 0) is 10.3 Å². The fourth-order valence-corrected chi connectivity index (χ4v) is 2.98. The molecule has 2 aromatic rings. The average Bonchev–Trinajstić information content (AvgIpc) is 2.96. The van der Waals surface area contributed by atoms with Gasteiger partial charge in [0.1, 0.15) is 17.2 Å². The number of anilines is 1. The number of carbonyl (C=O) groups is 1. The summed E-state index contributed by atoms with van der Waals surface area (Å²) >= 11 is 0. The van der Waals surface area contributed by atoms with Crippen molar-refractivity contribution in [2.45, 2.75) is 45.0 Å². The first kappa shape index (κ1) is 22.5. The van der Waals surface area contributed by atoms with Crippen LogP contribution in [0.5, 0.6) is 5.88 Å². The molecule has 0 saturated heterocycles. The zero-order valence-electron chi connectivity index (χ0n) is 17.1. The predicted molar refractivity (Wildman–Crippen MR) is 101 cm³/mol. The normalized spacial score (nSPS) is 23.9. The van der Waals surface area contributed by atoms with Crippen LogP contribution in [0.25, 0.3) is 0 Å². The molecular weight excluding hydrogens is 424 g/mol. The van der Waals surface area contributed by atoms with Crippen LogP contribution in [0.2, 0.25) is 0 Å². The monoisotopic (exact) mass is 444 g/mol. The van der Waals surface area contributed by atoms with Gasteiger partial charge in [-0.15, -0.1) is 0 Å². The van der Waals surface area contributed by atoms with E-state index < -0.39 is 41.7 Å². The van der Waals surface area contributed by atoms with Crippen molar-refractivity contribution in [1.82, 2.24) is 4.98 Å². The van der Waals surface area contributed by atoms with Crippen LogP contribution in [0.3, 0.4) is 0 Å². The lowest BCUT2D eigenvalue weighted by Crippen LogP contribution is -2.60. The smallest absolute Gasteiger partial charge is 0.424 e. The Hall–Kier alpha value is -3.15. The minimum Gasteiger partial charge on any atom is -0.442 e. The summed E-state index contributed by atoms with van der Waals surface area (Å²) in [6, 6.07) is 3.50. The van der Waals surface area contributed by atoms with E-state index in [-0.39, 0.29) is 22.9 Å². The van der Waals surface area contributed by atoms with Gasteiger partial charge in [0.25, 0.3) is 5.88 Å². The van der Waals surface area contributed by atoms with Gasteiger partial charge in [0.05, 0.1) is 6.61 Å². The predicted octanol–water partition coefficient (Wildman–Crippen LogP) is 3.97. The van der Waals surface area contributed by atoms with Crippen molar-refractivity contribution in [3.8, 4) is 5.88 Å². The minimum atomic E-state index is -4.80. The number of nitrogens with one attached hydrogen (secondary N) is 1. The van der Waals surface area contributed by atoms with Crippen LogP contribution in [0.4, 0.5) is 28.0 Å². The number of hydrogen-bond donors (Lipinski definition) is 2. The standard InChI is InChI=1S/C19H20F4N4O4/c1-9-14(25-10(2)30-9)31-16(28)26-11-5-6-13(20)12(7-11)17(3)8-29-18(4,15(24)27-17)19(21,22)23/h5-7H,8H2,1-4H3,(H2,24,27)(H,26,28). The summed E-state index contributed by atoms with van der Waals surface area (Å²) < 4.78 is 69.6. The van der Waals surface area contributed by atoms with E-state index in [4.69, 9.17) is 19.6 Å². The molecule has 0 aliphatic carbocycles. The molecule has 1 amide bonds. The molecule has 0 fully saturated rings. The van der Waals surface area contributed by atoms with Gasteiger partial charge in [-0.05, 0) is 39.0 Å². The quantitative estimate of drug-likeness (QED) is 0.693. The van der Waals surface area contributed by atoms with E-state index in [1.807, 2.05) is 0 Å². The van der Waals surface area contributed by atoms with E-state index in [1.54, 1.807) is 13.8 Å². The van der Waals surface area contributed by atoms with Crippen molar-refractivity contribution in [3.63, 3.8) is 0 Å². The van der Waals surface area contributed by atoms with E-state index in [0.29, 0.717) is 5.89 Å². The third kappa shape index (κ3) is 4.20. The van der Waals surface area contributed by atoms with Crippen LogP contribution in [0.1, 0.15) is 31.1 Å². The molecule has 0 radical (unpaired) electrons. The van der Waals surface area contributed by atoms with Crippen molar-refractivity contribution >= 4 is 17.6 Å². The van der Waals surface area contributed by atoms with E-state index >= 15 is 0 Å². The number of nitrogens with two attached hydrogens (primary N) is 1. The maximum Gasteiger partial charge on any atom is 0.424 e. The average molecular weight is 444 g/mol. The van der Waals surface area contributed by atoms with Gasteiger partial charge in [-0.25, -0.2) is 9.18 Å². The van der Waals surface area contributed by atoms with E-state index in [2.05, 4.69) is 15.3 Å². The lowest BCUT2D eigenvalue weighted by atomic mass is 9.89. The number of nitrogens with zero attached hydrogens (tertiary/aromatic N) is 2. The molecule has 3 N–H and O–H groups in total. The van der Waals surface area contributed by atoms with Gasteiger partial charge in [0.2, 0.25) is 5.60 Å². The maximum atomic E-state index is 14.5. The van der Waals surface area contributed by atoms with Gasteiger partial charge in [-0.2, -0.15) is 18.2 Å². The molecule has 1 aliphatic rings. The second kappa shape index (κ2) is 7.52. The molecule has 31 heavy (non-hydrogen) atoms. The van der Waals surface area contributed by atoms with Crippen molar-refractivity contribution in [1.29, 1.82) is 0 Å². The highest BCUT2D eigenvalue weighted by Gasteiger charge is 2.59. The molecule has 3 rings (SSSR count). The van der Waals surface area contributed by atoms with Crippen molar-refractivity contribution < 1.29 is 36.2 Å². The third-order valence-electron chi connectivity index (χ3n) is 4.88. The molecule has 2 unspecified atom stereocenters. The maximum absolute atomic E-state index is 14.5. The summed E-state index contributed by atoms with van der Waals surface area (Å²) in [4.78, 5) is 19.9. The first-order chi connectivity index (χ1) is 14.2. The Morgan fingerprint density at radius 3 is 2.52 bits per heavy atom. The summed E-state index contributed by atoms with van der Waals surface area (Å²) in [5.41, 5.74) is 1.21. The SMILES string of the molecule is Cc1nc(OC(=O)Nc2ccc(F)c(C3(C)COC(C)(C(F)(F)F)C(N)=N3)c2)c(C)o1. The van der Waals surface area contributed by atoms with Gasteiger partial charge in [0.15, 0.2) is 11.7 Å². The Bertz CT molecular complexity index is 1050. The number of rotatable bonds is 3. The fraction of sp³-hybridized carbons (Fsp3) is 0.421. The van der Waals surface area contributed by atoms with Crippen molar-refractivity contribution in [2.24, 2.45) is 10.7 Å². The molecule has 1 aliphatic heterocycles. The number of ether oxygens (including phenoxy) is 2. The highest BCUT2D eigenvalue weighted by Crippen LogP contribution is 2.41. The number of oxazole rings is 1. The molecule has 0 spiro atoms. The molecule has 8 nitrogen and oxygen atoms in total. The Balaban J connectivity index is 1.86. The summed E-state index contributed by atoms with van der Waals surface area (Å²) in [6.07, 6.45) is -5.72. The highest BCUT2D eigenvalue weighted by atomic mass is 19.4. The number of aliphatic imine (C=N–C) groups is 1. The number of halogens is 4. The number of amidine groups is 1. The molecule has 2 heterocycles. The van der Waals surface area contributed by atoms with Crippen LogP contribution in [-0.4, -0.2) is 35.3 Å². The summed E-state index contributed by atoms with van der Waals surface area (Å²) in [5, 5.41) is 2.39. The topological polar surface area (TPSA) is 112 Å². The number of hydrogen-bond acceptors (Lipinski definition) is 7. The van der Waals surface area contributed by atoms with Crippen LogP contribution in [0, 0.1) is 19.7 Å². The minimum absolute atomic E-state index is 0.0335. The van der Waals surface area contributed by atoms with Crippen molar-refractivity contribution in [2.75, 3.05) is 11.9 Å². The van der Waals surface area contributed by atoms with Crippen LogP contribution < -0.4 is 15.8 Å². The van der Waals surface area contributed by atoms with E-state index in [0.717, 1.165) is 13.0 Å². The van der Waals surface area contributed by atoms with E-state index in [1.165, 1.54) is 19.1 Å². The summed E-state index contributed by atoms with van der Waals surface area (Å²) in [5.74, 6) is -1.04. The van der Waals surface area contributed by atoms with Gasteiger partial charge < -0.3 is 19.6 Å². The van der Waals surface area contributed by atoms with Crippen LogP contribution in [0.15, 0.2) is 27.6 Å². The molecule has 168 valence electrons.